The Hall–Kier alpha value is -3.06. The van der Waals surface area contributed by atoms with Crippen molar-refractivity contribution in [2.75, 3.05) is 11.4 Å². The van der Waals surface area contributed by atoms with Crippen molar-refractivity contribution in [2.45, 2.75) is 58.7 Å². The number of anilines is 1. The zero-order chi connectivity index (χ0) is 22.2. The van der Waals surface area contributed by atoms with E-state index < -0.39 is 0 Å². The molecule has 7 nitrogen and oxygen atoms in total. The molecule has 1 fully saturated rings. The number of hydrogen-bond acceptors (Lipinski definition) is 5. The molecule has 1 aromatic carbocycles. The van der Waals surface area contributed by atoms with Crippen LogP contribution < -0.4 is 4.90 Å². The van der Waals surface area contributed by atoms with Gasteiger partial charge in [0, 0.05) is 43.0 Å². The number of carbonyl (C=O) groups is 1. The van der Waals surface area contributed by atoms with Gasteiger partial charge in [-0.05, 0) is 45.2 Å². The SMILES string of the molecule is Cc1nn(C)cc1CN1CCC[C@@H]1c1nc(C)c2c(n1)N(Cc1ccccc1)C(=O)CC2. The highest BCUT2D eigenvalue weighted by Gasteiger charge is 2.33. The first-order chi connectivity index (χ1) is 15.5. The minimum Gasteiger partial charge on any atom is -0.292 e. The molecule has 3 aromatic rings. The zero-order valence-electron chi connectivity index (χ0n) is 19.1. The fourth-order valence-electron chi connectivity index (χ4n) is 5.01. The molecule has 32 heavy (non-hydrogen) atoms. The maximum absolute atomic E-state index is 12.9. The summed E-state index contributed by atoms with van der Waals surface area (Å²) < 4.78 is 1.88. The Morgan fingerprint density at radius 2 is 1.84 bits per heavy atom. The lowest BCUT2D eigenvalue weighted by molar-refractivity contribution is -0.119. The lowest BCUT2D eigenvalue weighted by Gasteiger charge is -2.31. The standard InChI is InChI=1S/C25H30N6O/c1-17-20(15-29(3)28-17)16-30-13-7-10-22(30)24-26-18(2)21-11-12-23(32)31(25(21)27-24)14-19-8-5-4-6-9-19/h4-6,8-9,15,22H,7,10-14,16H2,1-3H3/t22-/m1/s1. The molecule has 0 radical (unpaired) electrons. The number of aryl methyl sites for hydroxylation is 3. The summed E-state index contributed by atoms with van der Waals surface area (Å²) in [5.74, 6) is 1.78. The molecule has 166 valence electrons. The average Bonchev–Trinajstić information content (AvgIpc) is 3.36. The van der Waals surface area contributed by atoms with Gasteiger partial charge in [0.25, 0.3) is 0 Å². The molecule has 4 heterocycles. The summed E-state index contributed by atoms with van der Waals surface area (Å²) in [6.45, 7) is 6.53. The highest BCUT2D eigenvalue weighted by Crippen LogP contribution is 2.36. The molecular formula is C25H30N6O. The quantitative estimate of drug-likeness (QED) is 0.618. The van der Waals surface area contributed by atoms with Gasteiger partial charge in [0.05, 0.1) is 18.3 Å². The van der Waals surface area contributed by atoms with E-state index in [1.807, 2.05) is 34.8 Å². The van der Waals surface area contributed by atoms with Gasteiger partial charge in [-0.3, -0.25) is 19.3 Å². The van der Waals surface area contributed by atoms with Crippen LogP contribution in [0.3, 0.4) is 0 Å². The van der Waals surface area contributed by atoms with Gasteiger partial charge in [-0.15, -0.1) is 0 Å². The number of nitrogens with zero attached hydrogens (tertiary/aromatic N) is 6. The molecule has 0 saturated carbocycles. The number of rotatable bonds is 5. The van der Waals surface area contributed by atoms with Gasteiger partial charge in [-0.1, -0.05) is 30.3 Å². The number of amides is 1. The van der Waals surface area contributed by atoms with Gasteiger partial charge in [0.2, 0.25) is 5.91 Å². The van der Waals surface area contributed by atoms with E-state index in [1.165, 1.54) is 5.56 Å². The smallest absolute Gasteiger partial charge is 0.228 e. The molecule has 1 amide bonds. The first kappa shape index (κ1) is 20.8. The number of hydrogen-bond donors (Lipinski definition) is 0. The third-order valence-electron chi connectivity index (χ3n) is 6.69. The van der Waals surface area contributed by atoms with E-state index in [-0.39, 0.29) is 11.9 Å². The molecule has 2 aliphatic heterocycles. The maximum atomic E-state index is 12.9. The van der Waals surface area contributed by atoms with Crippen molar-refractivity contribution in [3.8, 4) is 0 Å². The van der Waals surface area contributed by atoms with Crippen molar-refractivity contribution in [3.05, 3.63) is 70.4 Å². The summed E-state index contributed by atoms with van der Waals surface area (Å²) in [5.41, 5.74) is 5.54. The zero-order valence-corrected chi connectivity index (χ0v) is 19.1. The van der Waals surface area contributed by atoms with Gasteiger partial charge in [-0.2, -0.15) is 5.10 Å². The van der Waals surface area contributed by atoms with Crippen LogP contribution in [0.25, 0.3) is 0 Å². The fourth-order valence-corrected chi connectivity index (χ4v) is 5.01. The van der Waals surface area contributed by atoms with Crippen LogP contribution in [0.15, 0.2) is 36.5 Å². The Morgan fingerprint density at radius 1 is 1.03 bits per heavy atom. The normalized spacial score (nSPS) is 18.9. The topological polar surface area (TPSA) is 67.2 Å². The molecule has 0 bridgehead atoms. The average molecular weight is 431 g/mol. The van der Waals surface area contributed by atoms with Crippen molar-refractivity contribution in [3.63, 3.8) is 0 Å². The van der Waals surface area contributed by atoms with Crippen molar-refractivity contribution >= 4 is 11.7 Å². The first-order valence-corrected chi connectivity index (χ1v) is 11.4. The predicted octanol–water partition coefficient (Wildman–Crippen LogP) is 3.64. The van der Waals surface area contributed by atoms with Crippen LogP contribution in [-0.4, -0.2) is 37.1 Å². The molecule has 0 spiro atoms. The second kappa shape index (κ2) is 8.47. The third kappa shape index (κ3) is 3.93. The van der Waals surface area contributed by atoms with E-state index in [1.54, 1.807) is 0 Å². The van der Waals surface area contributed by atoms with Crippen molar-refractivity contribution < 1.29 is 4.79 Å². The monoisotopic (exact) mass is 430 g/mol. The Balaban J connectivity index is 1.47. The van der Waals surface area contributed by atoms with E-state index in [0.29, 0.717) is 13.0 Å². The van der Waals surface area contributed by atoms with Gasteiger partial charge in [-0.25, -0.2) is 9.97 Å². The summed E-state index contributed by atoms with van der Waals surface area (Å²) in [6.07, 6.45) is 5.48. The van der Waals surface area contributed by atoms with E-state index >= 15 is 0 Å². The minimum absolute atomic E-state index is 0.139. The molecule has 1 atom stereocenters. The lowest BCUT2D eigenvalue weighted by Crippen LogP contribution is -2.37. The molecule has 1 saturated heterocycles. The van der Waals surface area contributed by atoms with E-state index in [4.69, 9.17) is 9.97 Å². The van der Waals surface area contributed by atoms with E-state index in [0.717, 1.165) is 66.5 Å². The van der Waals surface area contributed by atoms with Gasteiger partial charge >= 0.3 is 0 Å². The van der Waals surface area contributed by atoms with Crippen molar-refractivity contribution in [2.24, 2.45) is 7.05 Å². The summed E-state index contributed by atoms with van der Waals surface area (Å²) in [5, 5.41) is 4.50. The van der Waals surface area contributed by atoms with Gasteiger partial charge < -0.3 is 0 Å². The van der Waals surface area contributed by atoms with Crippen LogP contribution in [0.5, 0.6) is 0 Å². The Morgan fingerprint density at radius 3 is 2.59 bits per heavy atom. The number of benzene rings is 1. The van der Waals surface area contributed by atoms with Gasteiger partial charge in [0.1, 0.15) is 11.6 Å². The van der Waals surface area contributed by atoms with Crippen molar-refractivity contribution in [1.82, 2.24) is 24.6 Å². The predicted molar refractivity (Wildman–Crippen MR) is 123 cm³/mol. The molecule has 5 rings (SSSR count). The Kier molecular flexibility index (Phi) is 5.51. The highest BCUT2D eigenvalue weighted by molar-refractivity contribution is 5.95. The molecule has 0 N–H and O–H groups in total. The summed E-state index contributed by atoms with van der Waals surface area (Å²) >= 11 is 0. The number of aromatic nitrogens is 4. The molecule has 2 aromatic heterocycles. The summed E-state index contributed by atoms with van der Waals surface area (Å²) in [7, 11) is 1.96. The van der Waals surface area contributed by atoms with Crippen LogP contribution >= 0.6 is 0 Å². The van der Waals surface area contributed by atoms with Crippen LogP contribution in [0.1, 0.15) is 59.2 Å². The number of likely N-dealkylation sites (tertiary alicyclic amines) is 1. The van der Waals surface area contributed by atoms with Gasteiger partial charge in [0.15, 0.2) is 0 Å². The molecule has 7 heteroatoms. The second-order valence-electron chi connectivity index (χ2n) is 8.98. The third-order valence-corrected chi connectivity index (χ3v) is 6.69. The first-order valence-electron chi connectivity index (χ1n) is 11.4. The van der Waals surface area contributed by atoms with Crippen LogP contribution in [0, 0.1) is 13.8 Å². The molecule has 0 aliphatic carbocycles. The summed E-state index contributed by atoms with van der Waals surface area (Å²) in [6, 6.07) is 10.3. The summed E-state index contributed by atoms with van der Waals surface area (Å²) in [4.78, 5) is 27.2. The fraction of sp³-hybridized carbons (Fsp3) is 0.440. The highest BCUT2D eigenvalue weighted by atomic mass is 16.2. The van der Waals surface area contributed by atoms with E-state index in [9.17, 15) is 4.79 Å². The van der Waals surface area contributed by atoms with Crippen LogP contribution in [0.4, 0.5) is 5.82 Å². The molecule has 2 aliphatic rings. The van der Waals surface area contributed by atoms with Crippen molar-refractivity contribution in [1.29, 1.82) is 0 Å². The van der Waals surface area contributed by atoms with Crippen LogP contribution in [0.2, 0.25) is 0 Å². The Labute approximate surface area is 189 Å². The van der Waals surface area contributed by atoms with Crippen LogP contribution in [-0.2, 0) is 31.4 Å². The maximum Gasteiger partial charge on any atom is 0.228 e. The largest absolute Gasteiger partial charge is 0.292 e. The second-order valence-corrected chi connectivity index (χ2v) is 8.98. The molecular weight excluding hydrogens is 400 g/mol. The molecule has 0 unspecified atom stereocenters. The number of carbonyl (C=O) groups excluding carboxylic acids is 1. The minimum atomic E-state index is 0.139. The lowest BCUT2D eigenvalue weighted by atomic mass is 10.0. The number of fused-ring (bicyclic) bond motifs is 1. The Bertz CT molecular complexity index is 1140. The van der Waals surface area contributed by atoms with E-state index in [2.05, 4.69) is 42.2 Å².